The summed E-state index contributed by atoms with van der Waals surface area (Å²) in [6, 6.07) is 15.6. The van der Waals surface area contributed by atoms with Crippen molar-refractivity contribution < 1.29 is 4.74 Å². The highest BCUT2D eigenvalue weighted by atomic mass is 16.5. The van der Waals surface area contributed by atoms with Gasteiger partial charge < -0.3 is 9.30 Å². The van der Waals surface area contributed by atoms with Gasteiger partial charge in [-0.3, -0.25) is 4.79 Å². The monoisotopic (exact) mass is 265 g/mol. The molecular formula is C17H15NO2. The first-order valence-corrected chi connectivity index (χ1v) is 6.43. The standard InChI is InChI=1S/C17H15NO2/c1-18-11-16(12-6-4-3-5-7-12)15-10-13(20-2)8-9-14(15)17(18)19/h3-11H,1-2H3. The van der Waals surface area contributed by atoms with Gasteiger partial charge in [0.15, 0.2) is 0 Å². The first-order chi connectivity index (χ1) is 9.70. The van der Waals surface area contributed by atoms with Gasteiger partial charge >= 0.3 is 0 Å². The Morgan fingerprint density at radius 3 is 2.45 bits per heavy atom. The predicted octanol–water partition coefficient (Wildman–Crippen LogP) is 3.21. The number of nitrogens with zero attached hydrogens (tertiary/aromatic N) is 1. The van der Waals surface area contributed by atoms with Crippen LogP contribution in [0, 0.1) is 0 Å². The fourth-order valence-corrected chi connectivity index (χ4v) is 2.42. The molecule has 0 saturated heterocycles. The molecule has 1 heterocycles. The maximum Gasteiger partial charge on any atom is 0.258 e. The van der Waals surface area contributed by atoms with E-state index in [9.17, 15) is 4.79 Å². The number of pyridine rings is 1. The summed E-state index contributed by atoms with van der Waals surface area (Å²) >= 11 is 0. The molecule has 0 N–H and O–H groups in total. The molecule has 20 heavy (non-hydrogen) atoms. The number of hydrogen-bond donors (Lipinski definition) is 0. The number of fused-ring (bicyclic) bond motifs is 1. The van der Waals surface area contributed by atoms with Crippen LogP contribution in [0.3, 0.4) is 0 Å². The zero-order chi connectivity index (χ0) is 14.1. The highest BCUT2D eigenvalue weighted by molar-refractivity contribution is 5.96. The van der Waals surface area contributed by atoms with Crippen LogP contribution >= 0.6 is 0 Å². The SMILES string of the molecule is COc1ccc2c(=O)n(C)cc(-c3ccccc3)c2c1. The van der Waals surface area contributed by atoms with Crippen LogP contribution in [-0.4, -0.2) is 11.7 Å². The van der Waals surface area contributed by atoms with Gasteiger partial charge in [0.05, 0.1) is 7.11 Å². The van der Waals surface area contributed by atoms with Crippen molar-refractivity contribution in [2.45, 2.75) is 0 Å². The van der Waals surface area contributed by atoms with Gasteiger partial charge in [-0.2, -0.15) is 0 Å². The summed E-state index contributed by atoms with van der Waals surface area (Å²) in [5.41, 5.74) is 2.12. The Bertz CT molecular complexity index is 820. The van der Waals surface area contributed by atoms with E-state index in [1.54, 1.807) is 18.7 Å². The summed E-state index contributed by atoms with van der Waals surface area (Å²) in [6.45, 7) is 0. The lowest BCUT2D eigenvalue weighted by atomic mass is 10.0. The van der Waals surface area contributed by atoms with Crippen molar-refractivity contribution in [2.24, 2.45) is 7.05 Å². The fraction of sp³-hybridized carbons (Fsp3) is 0.118. The molecule has 3 heteroatoms. The number of rotatable bonds is 2. The number of aryl methyl sites for hydroxylation is 1. The quantitative estimate of drug-likeness (QED) is 0.712. The topological polar surface area (TPSA) is 31.2 Å². The van der Waals surface area contributed by atoms with Crippen molar-refractivity contribution >= 4 is 10.8 Å². The van der Waals surface area contributed by atoms with Gasteiger partial charge in [-0.1, -0.05) is 30.3 Å². The average Bonchev–Trinajstić information content (AvgIpc) is 2.51. The van der Waals surface area contributed by atoms with Crippen molar-refractivity contribution in [3.05, 3.63) is 65.1 Å². The van der Waals surface area contributed by atoms with E-state index in [0.717, 1.165) is 22.3 Å². The van der Waals surface area contributed by atoms with Crippen LogP contribution in [0.5, 0.6) is 5.75 Å². The predicted molar refractivity (Wildman–Crippen MR) is 81.2 cm³/mol. The Balaban J connectivity index is 2.42. The van der Waals surface area contributed by atoms with E-state index in [2.05, 4.69) is 0 Å². The Hall–Kier alpha value is -2.55. The summed E-state index contributed by atoms with van der Waals surface area (Å²) < 4.78 is 6.90. The van der Waals surface area contributed by atoms with Crippen LogP contribution in [-0.2, 0) is 7.05 Å². The summed E-state index contributed by atoms with van der Waals surface area (Å²) in [7, 11) is 3.41. The van der Waals surface area contributed by atoms with Crippen LogP contribution in [0.4, 0.5) is 0 Å². The second-order valence-electron chi connectivity index (χ2n) is 4.74. The van der Waals surface area contributed by atoms with Crippen LogP contribution in [0.2, 0.25) is 0 Å². The van der Waals surface area contributed by atoms with Gasteiger partial charge in [-0.15, -0.1) is 0 Å². The van der Waals surface area contributed by atoms with Gasteiger partial charge in [0.25, 0.3) is 5.56 Å². The van der Waals surface area contributed by atoms with E-state index >= 15 is 0 Å². The molecule has 2 aromatic carbocycles. The molecule has 0 fully saturated rings. The molecule has 0 atom stereocenters. The van der Waals surface area contributed by atoms with Gasteiger partial charge in [0.2, 0.25) is 0 Å². The minimum Gasteiger partial charge on any atom is -0.497 e. The number of aromatic nitrogens is 1. The van der Waals surface area contributed by atoms with E-state index in [0.29, 0.717) is 5.39 Å². The molecule has 1 aromatic heterocycles. The van der Waals surface area contributed by atoms with Crippen molar-refractivity contribution in [2.75, 3.05) is 7.11 Å². The minimum absolute atomic E-state index is 0.00216. The third kappa shape index (κ3) is 1.97. The largest absolute Gasteiger partial charge is 0.497 e. The normalized spacial score (nSPS) is 10.7. The lowest BCUT2D eigenvalue weighted by molar-refractivity contribution is 0.415. The molecule has 0 aliphatic rings. The smallest absolute Gasteiger partial charge is 0.258 e. The molecule has 0 amide bonds. The van der Waals surface area contributed by atoms with Crippen LogP contribution in [0.15, 0.2) is 59.5 Å². The average molecular weight is 265 g/mol. The number of benzene rings is 2. The Kier molecular flexibility index (Phi) is 3.03. The summed E-state index contributed by atoms with van der Waals surface area (Å²) in [5, 5.41) is 1.62. The molecule has 0 radical (unpaired) electrons. The Labute approximate surface area is 117 Å². The lowest BCUT2D eigenvalue weighted by Gasteiger charge is -2.10. The van der Waals surface area contributed by atoms with Crippen molar-refractivity contribution in [1.29, 1.82) is 0 Å². The van der Waals surface area contributed by atoms with Gasteiger partial charge in [0, 0.05) is 29.6 Å². The maximum absolute atomic E-state index is 12.2. The summed E-state index contributed by atoms with van der Waals surface area (Å²) in [4.78, 5) is 12.2. The fourth-order valence-electron chi connectivity index (χ4n) is 2.42. The van der Waals surface area contributed by atoms with Crippen LogP contribution < -0.4 is 10.3 Å². The third-order valence-corrected chi connectivity index (χ3v) is 3.48. The van der Waals surface area contributed by atoms with Gasteiger partial charge in [-0.25, -0.2) is 0 Å². The van der Waals surface area contributed by atoms with Crippen molar-refractivity contribution in [3.63, 3.8) is 0 Å². The molecule has 0 saturated carbocycles. The molecular weight excluding hydrogens is 250 g/mol. The molecule has 0 unspecified atom stereocenters. The Morgan fingerprint density at radius 2 is 1.75 bits per heavy atom. The lowest BCUT2D eigenvalue weighted by Crippen LogP contribution is -2.16. The van der Waals surface area contributed by atoms with E-state index in [1.165, 1.54) is 0 Å². The highest BCUT2D eigenvalue weighted by Crippen LogP contribution is 2.29. The molecule has 3 rings (SSSR count). The van der Waals surface area contributed by atoms with E-state index in [-0.39, 0.29) is 5.56 Å². The molecule has 3 nitrogen and oxygen atoms in total. The van der Waals surface area contributed by atoms with Gasteiger partial charge in [-0.05, 0) is 23.8 Å². The molecule has 0 spiro atoms. The first-order valence-electron chi connectivity index (χ1n) is 6.43. The number of methoxy groups -OCH3 is 1. The second-order valence-corrected chi connectivity index (χ2v) is 4.74. The van der Waals surface area contributed by atoms with Gasteiger partial charge in [0.1, 0.15) is 5.75 Å². The molecule has 0 aliphatic heterocycles. The summed E-state index contributed by atoms with van der Waals surface area (Å²) in [5.74, 6) is 0.753. The van der Waals surface area contributed by atoms with Crippen LogP contribution in [0.1, 0.15) is 0 Å². The van der Waals surface area contributed by atoms with E-state index < -0.39 is 0 Å². The van der Waals surface area contributed by atoms with E-state index in [1.807, 2.05) is 54.7 Å². The van der Waals surface area contributed by atoms with Crippen molar-refractivity contribution in [3.8, 4) is 16.9 Å². The molecule has 0 bridgehead atoms. The third-order valence-electron chi connectivity index (χ3n) is 3.48. The van der Waals surface area contributed by atoms with E-state index in [4.69, 9.17) is 4.74 Å². The second kappa shape index (κ2) is 4.85. The maximum atomic E-state index is 12.2. The highest BCUT2D eigenvalue weighted by Gasteiger charge is 2.09. The Morgan fingerprint density at radius 1 is 1.00 bits per heavy atom. The molecule has 0 aliphatic carbocycles. The first kappa shape index (κ1) is 12.5. The molecule has 3 aromatic rings. The number of ether oxygens (including phenoxy) is 1. The zero-order valence-electron chi connectivity index (χ0n) is 11.5. The minimum atomic E-state index is 0.00216. The van der Waals surface area contributed by atoms with Crippen LogP contribution in [0.25, 0.3) is 21.9 Å². The van der Waals surface area contributed by atoms with Crippen molar-refractivity contribution in [1.82, 2.24) is 4.57 Å². The number of hydrogen-bond acceptors (Lipinski definition) is 2. The molecule has 100 valence electrons. The zero-order valence-corrected chi connectivity index (χ0v) is 11.5. The summed E-state index contributed by atoms with van der Waals surface area (Å²) in [6.07, 6.45) is 1.87.